The predicted molar refractivity (Wildman–Crippen MR) is 78.9 cm³/mol. The van der Waals surface area contributed by atoms with Crippen molar-refractivity contribution in [1.82, 2.24) is 14.9 Å². The molecule has 0 atom stereocenters. The molecule has 2 aromatic carbocycles. The predicted octanol–water partition coefficient (Wildman–Crippen LogP) is 3.10. The number of nitrogens with one attached hydrogen (secondary N) is 1. The van der Waals surface area contributed by atoms with Gasteiger partial charge in [0.15, 0.2) is 0 Å². The number of hydrogen-bond donors (Lipinski definition) is 1. The van der Waals surface area contributed by atoms with Crippen LogP contribution in [0.1, 0.15) is 5.56 Å². The maximum atomic E-state index is 13.9. The van der Waals surface area contributed by atoms with Gasteiger partial charge in [0, 0.05) is 13.6 Å². The van der Waals surface area contributed by atoms with Crippen molar-refractivity contribution in [3.8, 4) is 11.4 Å². The molecule has 0 spiro atoms. The van der Waals surface area contributed by atoms with E-state index in [9.17, 15) is 4.39 Å². The maximum Gasteiger partial charge on any atom is 0.143 e. The Kier molecular flexibility index (Phi) is 3.24. The van der Waals surface area contributed by atoms with E-state index in [0.29, 0.717) is 11.4 Å². The van der Waals surface area contributed by atoms with E-state index < -0.39 is 0 Å². The maximum absolute atomic E-state index is 13.9. The third kappa shape index (κ3) is 2.08. The van der Waals surface area contributed by atoms with Crippen LogP contribution in [0.25, 0.3) is 22.4 Å². The summed E-state index contributed by atoms with van der Waals surface area (Å²) < 4.78 is 15.8. The first kappa shape index (κ1) is 12.8. The molecule has 0 aliphatic carbocycles. The van der Waals surface area contributed by atoms with E-state index in [0.717, 1.165) is 23.1 Å². The van der Waals surface area contributed by atoms with Gasteiger partial charge < -0.3 is 9.88 Å². The van der Waals surface area contributed by atoms with Gasteiger partial charge in [-0.3, -0.25) is 0 Å². The summed E-state index contributed by atoms with van der Waals surface area (Å²) in [6, 6.07) is 12.9. The second kappa shape index (κ2) is 5.06. The molecule has 1 aromatic heterocycles. The lowest BCUT2D eigenvalue weighted by molar-refractivity contribution is 0.629. The van der Waals surface area contributed by atoms with Gasteiger partial charge in [-0.15, -0.1) is 0 Å². The molecule has 1 N–H and O–H groups in total. The molecule has 20 heavy (non-hydrogen) atoms. The summed E-state index contributed by atoms with van der Waals surface area (Å²) in [5.41, 5.74) is 3.58. The van der Waals surface area contributed by atoms with Crippen LogP contribution in [-0.4, -0.2) is 16.6 Å². The van der Waals surface area contributed by atoms with E-state index in [1.807, 2.05) is 36.9 Å². The van der Waals surface area contributed by atoms with Crippen molar-refractivity contribution in [2.45, 2.75) is 6.54 Å². The normalized spacial score (nSPS) is 11.2. The van der Waals surface area contributed by atoms with Crippen molar-refractivity contribution in [2.24, 2.45) is 7.05 Å². The van der Waals surface area contributed by atoms with Crippen molar-refractivity contribution in [2.75, 3.05) is 7.05 Å². The Morgan fingerprint density at radius 2 is 2.00 bits per heavy atom. The van der Waals surface area contributed by atoms with Crippen LogP contribution in [-0.2, 0) is 13.6 Å². The smallest absolute Gasteiger partial charge is 0.143 e. The molecule has 0 saturated carbocycles. The van der Waals surface area contributed by atoms with E-state index in [-0.39, 0.29) is 5.82 Å². The zero-order valence-corrected chi connectivity index (χ0v) is 11.5. The van der Waals surface area contributed by atoms with Gasteiger partial charge in [-0.1, -0.05) is 18.2 Å². The minimum Gasteiger partial charge on any atom is -0.327 e. The fraction of sp³-hybridized carbons (Fsp3) is 0.188. The van der Waals surface area contributed by atoms with E-state index in [1.165, 1.54) is 6.07 Å². The number of fused-ring (bicyclic) bond motifs is 1. The van der Waals surface area contributed by atoms with E-state index >= 15 is 0 Å². The van der Waals surface area contributed by atoms with E-state index in [1.54, 1.807) is 12.1 Å². The molecule has 0 amide bonds. The molecule has 0 bridgehead atoms. The highest BCUT2D eigenvalue weighted by molar-refractivity contribution is 5.81. The van der Waals surface area contributed by atoms with Crippen LogP contribution < -0.4 is 5.32 Å². The fourth-order valence-electron chi connectivity index (χ4n) is 2.44. The van der Waals surface area contributed by atoms with Gasteiger partial charge in [-0.2, -0.15) is 0 Å². The van der Waals surface area contributed by atoms with Crippen LogP contribution in [0.3, 0.4) is 0 Å². The number of aryl methyl sites for hydroxylation is 1. The Morgan fingerprint density at radius 3 is 2.75 bits per heavy atom. The lowest BCUT2D eigenvalue weighted by Crippen LogP contribution is -2.04. The number of benzene rings is 2. The SMILES string of the molecule is CNCc1ccc2c(c1)nc(-c1ccccc1F)n2C. The Hall–Kier alpha value is -2.20. The monoisotopic (exact) mass is 269 g/mol. The summed E-state index contributed by atoms with van der Waals surface area (Å²) in [5, 5.41) is 3.12. The van der Waals surface area contributed by atoms with Crippen LogP contribution in [0.2, 0.25) is 0 Å². The highest BCUT2D eigenvalue weighted by Crippen LogP contribution is 2.26. The highest BCUT2D eigenvalue weighted by atomic mass is 19.1. The average Bonchev–Trinajstić information content (AvgIpc) is 2.77. The molecule has 1 heterocycles. The lowest BCUT2D eigenvalue weighted by Gasteiger charge is -2.03. The van der Waals surface area contributed by atoms with Crippen molar-refractivity contribution >= 4 is 11.0 Å². The standard InChI is InChI=1S/C16H16FN3/c1-18-10-11-7-8-15-14(9-11)19-16(20(15)2)12-5-3-4-6-13(12)17/h3-9,18H,10H2,1-2H3. The van der Waals surface area contributed by atoms with Gasteiger partial charge in [0.2, 0.25) is 0 Å². The molecule has 3 aromatic rings. The number of nitrogens with zero attached hydrogens (tertiary/aromatic N) is 2. The molecule has 3 nitrogen and oxygen atoms in total. The second-order valence-electron chi connectivity index (χ2n) is 4.83. The van der Waals surface area contributed by atoms with Gasteiger partial charge in [-0.05, 0) is 36.9 Å². The number of imidazole rings is 1. The molecule has 102 valence electrons. The summed E-state index contributed by atoms with van der Waals surface area (Å²) in [5.74, 6) is 0.404. The first-order chi connectivity index (χ1) is 9.70. The first-order valence-corrected chi connectivity index (χ1v) is 6.55. The summed E-state index contributed by atoms with van der Waals surface area (Å²) >= 11 is 0. The molecular formula is C16H16FN3. The second-order valence-corrected chi connectivity index (χ2v) is 4.83. The molecule has 0 saturated heterocycles. The van der Waals surface area contributed by atoms with Crippen LogP contribution in [0, 0.1) is 5.82 Å². The van der Waals surface area contributed by atoms with Gasteiger partial charge in [0.25, 0.3) is 0 Å². The first-order valence-electron chi connectivity index (χ1n) is 6.55. The van der Waals surface area contributed by atoms with Gasteiger partial charge in [-0.25, -0.2) is 9.37 Å². The molecule has 0 fully saturated rings. The molecule has 3 rings (SSSR count). The summed E-state index contributed by atoms with van der Waals surface area (Å²) in [6.45, 7) is 0.793. The van der Waals surface area contributed by atoms with Crippen molar-refractivity contribution in [3.05, 3.63) is 53.8 Å². The largest absolute Gasteiger partial charge is 0.327 e. The van der Waals surface area contributed by atoms with Crippen LogP contribution >= 0.6 is 0 Å². The number of rotatable bonds is 3. The van der Waals surface area contributed by atoms with Gasteiger partial charge in [0.1, 0.15) is 11.6 Å². The van der Waals surface area contributed by atoms with Crippen LogP contribution in [0.15, 0.2) is 42.5 Å². The molecule has 4 heteroatoms. The van der Waals surface area contributed by atoms with Crippen molar-refractivity contribution < 1.29 is 4.39 Å². The molecule has 0 unspecified atom stereocenters. The minimum atomic E-state index is -0.249. The zero-order valence-electron chi connectivity index (χ0n) is 11.5. The summed E-state index contributed by atoms with van der Waals surface area (Å²) in [7, 11) is 3.82. The van der Waals surface area contributed by atoms with E-state index in [4.69, 9.17) is 0 Å². The topological polar surface area (TPSA) is 29.9 Å². The van der Waals surface area contributed by atoms with E-state index in [2.05, 4.69) is 16.4 Å². The quantitative estimate of drug-likeness (QED) is 0.792. The molecule has 0 aliphatic rings. The highest BCUT2D eigenvalue weighted by Gasteiger charge is 2.13. The third-order valence-electron chi connectivity index (χ3n) is 3.44. The van der Waals surface area contributed by atoms with Gasteiger partial charge >= 0.3 is 0 Å². The van der Waals surface area contributed by atoms with Gasteiger partial charge in [0.05, 0.1) is 16.6 Å². The average molecular weight is 269 g/mol. The number of aromatic nitrogens is 2. The fourth-order valence-corrected chi connectivity index (χ4v) is 2.44. The van der Waals surface area contributed by atoms with Crippen molar-refractivity contribution in [3.63, 3.8) is 0 Å². The zero-order chi connectivity index (χ0) is 14.1. The molecule has 0 radical (unpaired) electrons. The minimum absolute atomic E-state index is 0.249. The number of hydrogen-bond acceptors (Lipinski definition) is 2. The molecule has 0 aliphatic heterocycles. The Balaban J connectivity index is 2.18. The molecular weight excluding hydrogens is 253 g/mol. The van der Waals surface area contributed by atoms with Crippen LogP contribution in [0.5, 0.6) is 0 Å². The Morgan fingerprint density at radius 1 is 1.20 bits per heavy atom. The number of halogens is 1. The van der Waals surface area contributed by atoms with Crippen molar-refractivity contribution in [1.29, 1.82) is 0 Å². The Labute approximate surface area is 117 Å². The third-order valence-corrected chi connectivity index (χ3v) is 3.44. The summed E-state index contributed by atoms with van der Waals surface area (Å²) in [6.07, 6.45) is 0. The summed E-state index contributed by atoms with van der Waals surface area (Å²) in [4.78, 5) is 4.58. The Bertz CT molecular complexity index is 762. The van der Waals surface area contributed by atoms with Crippen LogP contribution in [0.4, 0.5) is 4.39 Å². The lowest BCUT2D eigenvalue weighted by atomic mass is 10.2.